The summed E-state index contributed by atoms with van der Waals surface area (Å²) in [6.07, 6.45) is 4.14. The molecular weight excluding hydrogens is 460 g/mol. The van der Waals surface area contributed by atoms with Crippen molar-refractivity contribution in [3.8, 4) is 22.9 Å². The van der Waals surface area contributed by atoms with Gasteiger partial charge in [0.05, 0.1) is 12.8 Å². The first kappa shape index (κ1) is 22.8. The number of nitrogens with zero attached hydrogens (tertiary/aromatic N) is 6. The van der Waals surface area contributed by atoms with Crippen LogP contribution in [0, 0.1) is 0 Å². The van der Waals surface area contributed by atoms with Crippen molar-refractivity contribution in [2.45, 2.75) is 44.7 Å². The number of benzene rings is 2. The maximum absolute atomic E-state index is 13.1. The van der Waals surface area contributed by atoms with Crippen LogP contribution in [0.5, 0.6) is 17.2 Å². The summed E-state index contributed by atoms with van der Waals surface area (Å²) in [4.78, 5) is 17.3. The van der Waals surface area contributed by atoms with Gasteiger partial charge in [0.15, 0.2) is 17.3 Å². The highest BCUT2D eigenvalue weighted by molar-refractivity contribution is 5.94. The maximum Gasteiger partial charge on any atom is 0.254 e. The molecule has 36 heavy (non-hydrogen) atoms. The van der Waals surface area contributed by atoms with E-state index in [-0.39, 0.29) is 24.8 Å². The van der Waals surface area contributed by atoms with Crippen molar-refractivity contribution in [1.29, 1.82) is 0 Å². The van der Waals surface area contributed by atoms with Crippen LogP contribution < -0.4 is 14.2 Å². The molecule has 2 atom stereocenters. The van der Waals surface area contributed by atoms with Gasteiger partial charge in [0.25, 0.3) is 5.91 Å². The zero-order chi connectivity index (χ0) is 24.8. The molecular formula is C26H30N6O4. The summed E-state index contributed by atoms with van der Waals surface area (Å²) in [5.74, 6) is 2.72. The second-order valence-corrected chi connectivity index (χ2v) is 9.69. The molecule has 1 saturated heterocycles. The Morgan fingerprint density at radius 1 is 1.14 bits per heavy atom. The summed E-state index contributed by atoms with van der Waals surface area (Å²) in [5.41, 5.74) is 3.58. The van der Waals surface area contributed by atoms with Gasteiger partial charge in [-0.15, -0.1) is 5.10 Å². The fourth-order valence-electron chi connectivity index (χ4n) is 5.62. The number of hydrogen-bond acceptors (Lipinski definition) is 8. The maximum atomic E-state index is 13.1. The average molecular weight is 491 g/mol. The first-order chi connectivity index (χ1) is 17.6. The van der Waals surface area contributed by atoms with E-state index < -0.39 is 0 Å². The van der Waals surface area contributed by atoms with Gasteiger partial charge < -0.3 is 19.1 Å². The Balaban J connectivity index is 1.36. The van der Waals surface area contributed by atoms with E-state index >= 15 is 0 Å². The van der Waals surface area contributed by atoms with Crippen LogP contribution in [0.15, 0.2) is 30.3 Å². The number of methoxy groups -OCH3 is 1. The molecule has 3 aliphatic heterocycles. The number of piperidine rings is 1. The Hall–Kier alpha value is -3.66. The number of likely N-dealkylation sites (tertiary alicyclic amines) is 1. The summed E-state index contributed by atoms with van der Waals surface area (Å²) in [5, 5.41) is 12.8. The fourth-order valence-corrected chi connectivity index (χ4v) is 5.62. The highest BCUT2D eigenvalue weighted by Crippen LogP contribution is 2.50. The van der Waals surface area contributed by atoms with Gasteiger partial charge in [-0.3, -0.25) is 9.69 Å². The summed E-state index contributed by atoms with van der Waals surface area (Å²) < 4.78 is 18.9. The number of likely N-dealkylation sites (N-methyl/N-ethyl adjacent to an activating group) is 1. The molecule has 1 aromatic heterocycles. The number of carbonyl (C=O) groups is 1. The smallest absolute Gasteiger partial charge is 0.254 e. The summed E-state index contributed by atoms with van der Waals surface area (Å²) in [6, 6.07) is 9.60. The van der Waals surface area contributed by atoms with Crippen LogP contribution in [0.25, 0.3) is 5.69 Å². The largest absolute Gasteiger partial charge is 0.492 e. The lowest BCUT2D eigenvalue weighted by atomic mass is 9.90. The molecule has 10 nitrogen and oxygen atoms in total. The Morgan fingerprint density at radius 3 is 2.75 bits per heavy atom. The van der Waals surface area contributed by atoms with Crippen LogP contribution in [-0.4, -0.2) is 76.0 Å². The Bertz CT molecular complexity index is 1290. The van der Waals surface area contributed by atoms with Crippen LogP contribution in [0.1, 0.15) is 59.5 Å². The second-order valence-electron chi connectivity index (χ2n) is 9.69. The van der Waals surface area contributed by atoms with Crippen LogP contribution in [0.3, 0.4) is 0 Å². The van der Waals surface area contributed by atoms with Gasteiger partial charge >= 0.3 is 0 Å². The molecule has 3 aliphatic rings. The van der Waals surface area contributed by atoms with Crippen molar-refractivity contribution in [2.24, 2.45) is 0 Å². The molecule has 0 saturated carbocycles. The van der Waals surface area contributed by atoms with E-state index in [9.17, 15) is 4.79 Å². The highest BCUT2D eigenvalue weighted by atomic mass is 16.7. The zero-order valence-corrected chi connectivity index (χ0v) is 20.8. The van der Waals surface area contributed by atoms with Crippen LogP contribution in [-0.2, 0) is 6.42 Å². The molecule has 0 spiro atoms. The van der Waals surface area contributed by atoms with Gasteiger partial charge in [-0.1, -0.05) is 0 Å². The first-order valence-corrected chi connectivity index (χ1v) is 12.5. The highest BCUT2D eigenvalue weighted by Gasteiger charge is 2.37. The molecule has 1 fully saturated rings. The molecule has 0 radical (unpaired) electrons. The van der Waals surface area contributed by atoms with Crippen LogP contribution in [0.2, 0.25) is 0 Å². The minimum Gasteiger partial charge on any atom is -0.492 e. The molecule has 6 rings (SSSR count). The molecule has 0 aliphatic carbocycles. The van der Waals surface area contributed by atoms with E-state index in [2.05, 4.69) is 34.4 Å². The Labute approximate surface area is 209 Å². The lowest BCUT2D eigenvalue weighted by Crippen LogP contribution is -2.42. The third-order valence-electron chi connectivity index (χ3n) is 7.56. The Kier molecular flexibility index (Phi) is 5.75. The van der Waals surface area contributed by atoms with E-state index in [0.717, 1.165) is 49.2 Å². The zero-order valence-electron chi connectivity index (χ0n) is 20.8. The molecule has 0 unspecified atom stereocenters. The normalized spacial score (nSPS) is 21.4. The number of ether oxygens (including phenoxy) is 3. The number of amides is 1. The summed E-state index contributed by atoms with van der Waals surface area (Å²) >= 11 is 0. The van der Waals surface area contributed by atoms with Crippen molar-refractivity contribution in [1.82, 2.24) is 30.0 Å². The summed E-state index contributed by atoms with van der Waals surface area (Å²) in [7, 11) is 3.70. The third kappa shape index (κ3) is 3.67. The quantitative estimate of drug-likeness (QED) is 0.551. The van der Waals surface area contributed by atoms with Gasteiger partial charge in [0.2, 0.25) is 12.5 Å². The van der Waals surface area contributed by atoms with Crippen molar-refractivity contribution in [2.75, 3.05) is 34.0 Å². The SMILES string of the molecule is COc1c2c(cc3c1[C@@H](c1nnnn1-c1ccc(C(=O)N4CCCC[C@H]4C)cc1)N(C)CC3)OCO2. The van der Waals surface area contributed by atoms with Crippen LogP contribution >= 0.6 is 0 Å². The van der Waals surface area contributed by atoms with Crippen molar-refractivity contribution < 1.29 is 19.0 Å². The molecule has 0 bridgehead atoms. The molecule has 3 aromatic rings. The third-order valence-corrected chi connectivity index (χ3v) is 7.56. The second kappa shape index (κ2) is 9.09. The molecule has 1 amide bonds. The minimum absolute atomic E-state index is 0.0763. The van der Waals surface area contributed by atoms with Gasteiger partial charge in [-0.2, -0.15) is 4.68 Å². The first-order valence-electron chi connectivity index (χ1n) is 12.5. The predicted octanol–water partition coefficient (Wildman–Crippen LogP) is 2.99. The average Bonchev–Trinajstić information content (AvgIpc) is 3.57. The number of fused-ring (bicyclic) bond motifs is 2. The lowest BCUT2D eigenvalue weighted by Gasteiger charge is -2.34. The van der Waals surface area contributed by atoms with Gasteiger partial charge in [0, 0.05) is 30.3 Å². The predicted molar refractivity (Wildman–Crippen MR) is 131 cm³/mol. The van der Waals surface area contributed by atoms with Gasteiger partial charge in [0.1, 0.15) is 6.04 Å². The van der Waals surface area contributed by atoms with Crippen molar-refractivity contribution in [3.63, 3.8) is 0 Å². The number of hydrogen-bond donors (Lipinski definition) is 0. The van der Waals surface area contributed by atoms with E-state index in [0.29, 0.717) is 28.6 Å². The number of aromatic nitrogens is 4. The topological polar surface area (TPSA) is 94.8 Å². The number of carbonyl (C=O) groups excluding carboxylic acids is 1. The van der Waals surface area contributed by atoms with E-state index in [1.54, 1.807) is 11.8 Å². The molecule has 10 heteroatoms. The van der Waals surface area contributed by atoms with E-state index in [4.69, 9.17) is 14.2 Å². The molecule has 0 N–H and O–H groups in total. The lowest BCUT2D eigenvalue weighted by molar-refractivity contribution is 0.0635. The van der Waals surface area contributed by atoms with E-state index in [1.165, 1.54) is 6.42 Å². The number of tetrazole rings is 1. The summed E-state index contributed by atoms with van der Waals surface area (Å²) in [6.45, 7) is 3.94. The number of rotatable bonds is 4. The molecule has 4 heterocycles. The minimum atomic E-state index is -0.247. The van der Waals surface area contributed by atoms with E-state index in [1.807, 2.05) is 35.2 Å². The Morgan fingerprint density at radius 2 is 1.97 bits per heavy atom. The monoisotopic (exact) mass is 490 g/mol. The van der Waals surface area contributed by atoms with Crippen molar-refractivity contribution >= 4 is 5.91 Å². The van der Waals surface area contributed by atoms with Crippen molar-refractivity contribution in [3.05, 3.63) is 52.8 Å². The fraction of sp³-hybridized carbons (Fsp3) is 0.462. The van der Waals surface area contributed by atoms with Gasteiger partial charge in [-0.05, 0) is 86.0 Å². The molecule has 2 aromatic carbocycles. The molecule has 188 valence electrons. The van der Waals surface area contributed by atoms with Gasteiger partial charge in [-0.25, -0.2) is 0 Å². The van der Waals surface area contributed by atoms with Crippen LogP contribution in [0.4, 0.5) is 0 Å². The standard InChI is InChI=1S/C26H30N6O4/c1-16-6-4-5-12-31(16)26(33)17-7-9-19(10-8-17)32-25(27-28-29-32)22-21-18(11-13-30(22)2)14-20-23(24(21)34-3)36-15-35-20/h7-10,14,16,22H,4-6,11-13,15H2,1-3H3/t16-,22+/m1/s1.